The lowest BCUT2D eigenvalue weighted by Gasteiger charge is -2.39. The molecule has 2 rings (SSSR count). The lowest BCUT2D eigenvalue weighted by Crippen LogP contribution is -2.50. The number of aliphatic hydroxyl groups is 1. The molecule has 0 spiro atoms. The first kappa shape index (κ1) is 22.5. The molecule has 0 bridgehead atoms. The lowest BCUT2D eigenvalue weighted by molar-refractivity contribution is -0.0905. The SMILES string of the molecule is CCCCCCCOc1ccc(Cl)cc1C(C)(O)CN1CC(C)OC(C)C1. The van der Waals surface area contributed by atoms with Crippen molar-refractivity contribution in [3.8, 4) is 5.75 Å². The molecule has 1 heterocycles. The first-order valence-corrected chi connectivity index (χ1v) is 10.7. The van der Waals surface area contributed by atoms with Crippen LogP contribution in [0.25, 0.3) is 0 Å². The van der Waals surface area contributed by atoms with E-state index in [1.807, 2.05) is 25.1 Å². The zero-order chi connectivity index (χ0) is 19.9. The minimum absolute atomic E-state index is 0.169. The lowest BCUT2D eigenvalue weighted by atomic mass is 9.93. The summed E-state index contributed by atoms with van der Waals surface area (Å²) in [6.07, 6.45) is 6.31. The molecule has 1 aromatic rings. The van der Waals surface area contributed by atoms with E-state index in [0.29, 0.717) is 18.2 Å². The minimum atomic E-state index is -1.04. The number of ether oxygens (including phenoxy) is 2. The van der Waals surface area contributed by atoms with Crippen LogP contribution in [-0.4, -0.2) is 48.5 Å². The van der Waals surface area contributed by atoms with E-state index in [0.717, 1.165) is 30.8 Å². The third kappa shape index (κ3) is 7.26. The van der Waals surface area contributed by atoms with Crippen LogP contribution >= 0.6 is 11.6 Å². The minimum Gasteiger partial charge on any atom is -0.493 e. The zero-order valence-electron chi connectivity index (χ0n) is 17.3. The molecule has 0 aliphatic carbocycles. The Morgan fingerprint density at radius 1 is 1.19 bits per heavy atom. The summed E-state index contributed by atoms with van der Waals surface area (Å²) in [7, 11) is 0. The molecule has 1 fully saturated rings. The highest BCUT2D eigenvalue weighted by molar-refractivity contribution is 6.30. The van der Waals surface area contributed by atoms with Crippen molar-refractivity contribution in [2.24, 2.45) is 0 Å². The monoisotopic (exact) mass is 397 g/mol. The van der Waals surface area contributed by atoms with Crippen LogP contribution in [-0.2, 0) is 10.3 Å². The highest BCUT2D eigenvalue weighted by Crippen LogP contribution is 2.34. The molecule has 3 unspecified atom stereocenters. The molecule has 1 N–H and O–H groups in total. The van der Waals surface area contributed by atoms with Crippen LogP contribution in [0.4, 0.5) is 0 Å². The summed E-state index contributed by atoms with van der Waals surface area (Å²) in [6.45, 7) is 11.0. The first-order valence-electron chi connectivity index (χ1n) is 10.3. The molecule has 1 aliphatic rings. The number of halogens is 1. The van der Waals surface area contributed by atoms with Gasteiger partial charge in [0, 0.05) is 30.2 Å². The fourth-order valence-electron chi connectivity index (χ4n) is 3.87. The van der Waals surface area contributed by atoms with E-state index in [1.54, 1.807) is 0 Å². The standard InChI is InChI=1S/C22H36ClNO3/c1-5-6-7-8-9-12-26-21-11-10-19(23)13-20(21)22(4,25)16-24-14-17(2)27-18(3)15-24/h10-11,13,17-18,25H,5-9,12,14-16H2,1-4H3. The zero-order valence-corrected chi connectivity index (χ0v) is 18.1. The van der Waals surface area contributed by atoms with E-state index < -0.39 is 5.60 Å². The van der Waals surface area contributed by atoms with Crippen molar-refractivity contribution >= 4 is 11.6 Å². The maximum atomic E-state index is 11.3. The van der Waals surface area contributed by atoms with Gasteiger partial charge in [0.2, 0.25) is 0 Å². The molecule has 154 valence electrons. The number of nitrogens with zero attached hydrogens (tertiary/aromatic N) is 1. The summed E-state index contributed by atoms with van der Waals surface area (Å²) in [4.78, 5) is 2.26. The Kier molecular flexibility index (Phi) is 8.87. The Hall–Kier alpha value is -0.810. The fraction of sp³-hybridized carbons (Fsp3) is 0.727. The van der Waals surface area contributed by atoms with Gasteiger partial charge in [0.1, 0.15) is 11.4 Å². The Bertz CT molecular complexity index is 569. The second-order valence-electron chi connectivity index (χ2n) is 8.13. The number of β-amino-alcohol motifs (C(OH)–C–C–N with tert-alkyl or cyclic N) is 1. The number of rotatable bonds is 10. The van der Waals surface area contributed by atoms with Gasteiger partial charge in [-0.2, -0.15) is 0 Å². The predicted molar refractivity (Wildman–Crippen MR) is 112 cm³/mol. The summed E-state index contributed by atoms with van der Waals surface area (Å²) < 4.78 is 11.8. The van der Waals surface area contributed by atoms with E-state index in [2.05, 4.69) is 25.7 Å². The van der Waals surface area contributed by atoms with Gasteiger partial charge in [-0.05, 0) is 45.4 Å². The van der Waals surface area contributed by atoms with Crippen LogP contribution in [0, 0.1) is 0 Å². The maximum Gasteiger partial charge on any atom is 0.125 e. The summed E-state index contributed by atoms with van der Waals surface area (Å²) >= 11 is 6.23. The summed E-state index contributed by atoms with van der Waals surface area (Å²) in [5.41, 5.74) is -0.283. The third-order valence-corrected chi connectivity index (χ3v) is 5.29. The van der Waals surface area contributed by atoms with E-state index in [-0.39, 0.29) is 12.2 Å². The van der Waals surface area contributed by atoms with Crippen molar-refractivity contribution < 1.29 is 14.6 Å². The van der Waals surface area contributed by atoms with Gasteiger partial charge in [0.05, 0.1) is 18.8 Å². The molecule has 0 amide bonds. The van der Waals surface area contributed by atoms with Crippen LogP contribution < -0.4 is 4.74 Å². The largest absolute Gasteiger partial charge is 0.493 e. The third-order valence-electron chi connectivity index (χ3n) is 5.05. The second kappa shape index (κ2) is 10.7. The molecule has 27 heavy (non-hydrogen) atoms. The predicted octanol–water partition coefficient (Wildman–Crippen LogP) is 5.01. The maximum absolute atomic E-state index is 11.3. The number of benzene rings is 1. The van der Waals surface area contributed by atoms with Crippen LogP contribution in [0.1, 0.15) is 65.4 Å². The van der Waals surface area contributed by atoms with Crippen LogP contribution in [0.5, 0.6) is 5.75 Å². The van der Waals surface area contributed by atoms with E-state index >= 15 is 0 Å². The highest BCUT2D eigenvalue weighted by atomic mass is 35.5. The Labute approximate surface area is 169 Å². The summed E-state index contributed by atoms with van der Waals surface area (Å²) in [5, 5.41) is 11.9. The van der Waals surface area contributed by atoms with Crippen LogP contribution in [0.3, 0.4) is 0 Å². The highest BCUT2D eigenvalue weighted by Gasteiger charge is 2.33. The molecule has 0 saturated carbocycles. The molecule has 1 saturated heterocycles. The molecule has 1 aromatic carbocycles. The van der Waals surface area contributed by atoms with Gasteiger partial charge in [-0.3, -0.25) is 4.90 Å². The van der Waals surface area contributed by atoms with Crippen molar-refractivity contribution in [1.29, 1.82) is 0 Å². The molecular formula is C22H36ClNO3. The van der Waals surface area contributed by atoms with Crippen molar-refractivity contribution in [2.45, 2.75) is 77.6 Å². The molecule has 0 aromatic heterocycles. The average molecular weight is 398 g/mol. The number of hydrogen-bond acceptors (Lipinski definition) is 4. The topological polar surface area (TPSA) is 41.9 Å². The molecular weight excluding hydrogens is 362 g/mol. The van der Waals surface area contributed by atoms with Crippen molar-refractivity contribution in [1.82, 2.24) is 4.90 Å². The Morgan fingerprint density at radius 2 is 1.85 bits per heavy atom. The average Bonchev–Trinajstić information content (AvgIpc) is 2.57. The van der Waals surface area contributed by atoms with Crippen LogP contribution in [0.15, 0.2) is 18.2 Å². The Morgan fingerprint density at radius 3 is 2.52 bits per heavy atom. The Balaban J connectivity index is 2.02. The van der Waals surface area contributed by atoms with E-state index in [9.17, 15) is 5.11 Å². The molecule has 4 nitrogen and oxygen atoms in total. The normalized spacial score (nSPS) is 23.2. The van der Waals surface area contributed by atoms with E-state index in [1.165, 1.54) is 25.7 Å². The number of morpholine rings is 1. The smallest absolute Gasteiger partial charge is 0.125 e. The quantitative estimate of drug-likeness (QED) is 0.563. The van der Waals surface area contributed by atoms with Gasteiger partial charge in [-0.1, -0.05) is 44.2 Å². The van der Waals surface area contributed by atoms with Gasteiger partial charge in [0.15, 0.2) is 0 Å². The van der Waals surface area contributed by atoms with Gasteiger partial charge < -0.3 is 14.6 Å². The van der Waals surface area contributed by atoms with Crippen LogP contribution in [0.2, 0.25) is 5.02 Å². The van der Waals surface area contributed by atoms with Crippen molar-refractivity contribution in [3.05, 3.63) is 28.8 Å². The molecule has 1 aliphatic heterocycles. The van der Waals surface area contributed by atoms with Gasteiger partial charge in [0.25, 0.3) is 0 Å². The first-order chi connectivity index (χ1) is 12.8. The fourth-order valence-corrected chi connectivity index (χ4v) is 4.04. The number of hydrogen-bond donors (Lipinski definition) is 1. The number of unbranched alkanes of at least 4 members (excludes halogenated alkanes) is 4. The van der Waals surface area contributed by atoms with Gasteiger partial charge in [-0.25, -0.2) is 0 Å². The summed E-state index contributed by atoms with van der Waals surface area (Å²) in [5.74, 6) is 0.731. The van der Waals surface area contributed by atoms with Gasteiger partial charge in [-0.15, -0.1) is 0 Å². The molecule has 3 atom stereocenters. The summed E-state index contributed by atoms with van der Waals surface area (Å²) in [6, 6.07) is 5.54. The van der Waals surface area contributed by atoms with Crippen molar-refractivity contribution in [3.63, 3.8) is 0 Å². The van der Waals surface area contributed by atoms with Gasteiger partial charge >= 0.3 is 0 Å². The molecule has 0 radical (unpaired) electrons. The van der Waals surface area contributed by atoms with E-state index in [4.69, 9.17) is 21.1 Å². The second-order valence-corrected chi connectivity index (χ2v) is 8.56. The molecule has 5 heteroatoms. The van der Waals surface area contributed by atoms with Crippen molar-refractivity contribution in [2.75, 3.05) is 26.2 Å².